The minimum absolute atomic E-state index is 0.269. The van der Waals surface area contributed by atoms with E-state index in [1.54, 1.807) is 6.07 Å². The number of hydrogen-bond donors (Lipinski definition) is 1. The van der Waals surface area contributed by atoms with Crippen LogP contribution in [0.4, 0.5) is 4.39 Å². The molecule has 0 amide bonds. The van der Waals surface area contributed by atoms with Gasteiger partial charge in [0, 0.05) is 18.7 Å². The molecule has 0 bridgehead atoms. The van der Waals surface area contributed by atoms with Gasteiger partial charge in [0.25, 0.3) is 0 Å². The zero-order chi connectivity index (χ0) is 15.4. The van der Waals surface area contributed by atoms with Crippen LogP contribution in [-0.4, -0.2) is 16.9 Å². The molecular formula is C17H19FN2S. The zero-order valence-corrected chi connectivity index (χ0v) is 13.1. The minimum atomic E-state index is -0.269. The molecule has 0 radical (unpaired) electrons. The van der Waals surface area contributed by atoms with Crippen molar-refractivity contribution >= 4 is 17.2 Å². The third kappa shape index (κ3) is 4.34. The van der Waals surface area contributed by atoms with Crippen LogP contribution in [0.15, 0.2) is 42.5 Å². The van der Waals surface area contributed by atoms with Crippen LogP contribution in [0.25, 0.3) is 0 Å². The first-order valence-corrected chi connectivity index (χ1v) is 7.19. The maximum atomic E-state index is 13.4. The molecule has 2 nitrogen and oxygen atoms in total. The Balaban J connectivity index is 2.14. The van der Waals surface area contributed by atoms with Gasteiger partial charge in [-0.1, -0.05) is 42.0 Å². The lowest BCUT2D eigenvalue weighted by atomic mass is 10.1. The number of rotatable bonds is 5. The van der Waals surface area contributed by atoms with Crippen LogP contribution in [0.2, 0.25) is 0 Å². The van der Waals surface area contributed by atoms with Gasteiger partial charge in [-0.05, 0) is 43.3 Å². The van der Waals surface area contributed by atoms with Gasteiger partial charge in [-0.3, -0.25) is 4.90 Å². The van der Waals surface area contributed by atoms with Gasteiger partial charge in [-0.15, -0.1) is 0 Å². The van der Waals surface area contributed by atoms with Crippen LogP contribution >= 0.6 is 12.2 Å². The maximum absolute atomic E-state index is 13.4. The Labute approximate surface area is 130 Å². The summed E-state index contributed by atoms with van der Waals surface area (Å²) in [7, 11) is 2.00. The standard InChI is InChI=1S/C17H19FN2S/c1-12-4-3-5-13(8-12)10-20(2)11-14-9-15(18)6-7-16(14)17(19)21/h3-9H,10-11H2,1-2H3,(H2,19,21). The van der Waals surface area contributed by atoms with Crippen molar-refractivity contribution in [3.63, 3.8) is 0 Å². The van der Waals surface area contributed by atoms with Crippen LogP contribution in [0.1, 0.15) is 22.3 Å². The molecule has 0 aromatic heterocycles. The van der Waals surface area contributed by atoms with Gasteiger partial charge in [0.1, 0.15) is 10.8 Å². The molecule has 4 heteroatoms. The average Bonchev–Trinajstić information content (AvgIpc) is 2.38. The van der Waals surface area contributed by atoms with Crippen molar-refractivity contribution in [2.75, 3.05) is 7.05 Å². The van der Waals surface area contributed by atoms with E-state index in [4.69, 9.17) is 18.0 Å². The molecule has 0 aliphatic rings. The summed E-state index contributed by atoms with van der Waals surface area (Å²) in [5.74, 6) is -0.269. The fourth-order valence-corrected chi connectivity index (χ4v) is 2.60. The molecule has 0 atom stereocenters. The van der Waals surface area contributed by atoms with Gasteiger partial charge in [-0.25, -0.2) is 4.39 Å². The minimum Gasteiger partial charge on any atom is -0.389 e. The number of thiocarbonyl (C=S) groups is 1. The second kappa shape index (κ2) is 6.78. The monoisotopic (exact) mass is 302 g/mol. The Morgan fingerprint density at radius 2 is 1.95 bits per heavy atom. The van der Waals surface area contributed by atoms with Crippen molar-refractivity contribution in [1.82, 2.24) is 4.90 Å². The highest BCUT2D eigenvalue weighted by Crippen LogP contribution is 2.15. The summed E-state index contributed by atoms with van der Waals surface area (Å²) in [6, 6.07) is 12.9. The van der Waals surface area contributed by atoms with Crippen molar-refractivity contribution in [3.05, 3.63) is 70.5 Å². The van der Waals surface area contributed by atoms with E-state index in [0.29, 0.717) is 11.5 Å². The molecule has 110 valence electrons. The Kier molecular flexibility index (Phi) is 5.04. The molecule has 0 heterocycles. The topological polar surface area (TPSA) is 29.3 Å². The second-order valence-electron chi connectivity index (χ2n) is 5.33. The highest BCUT2D eigenvalue weighted by Gasteiger charge is 2.10. The fourth-order valence-electron chi connectivity index (χ4n) is 2.40. The average molecular weight is 302 g/mol. The van der Waals surface area contributed by atoms with E-state index in [2.05, 4.69) is 30.0 Å². The van der Waals surface area contributed by atoms with Crippen LogP contribution < -0.4 is 5.73 Å². The van der Waals surface area contributed by atoms with E-state index < -0.39 is 0 Å². The van der Waals surface area contributed by atoms with Gasteiger partial charge in [0.05, 0.1) is 0 Å². The molecule has 0 aliphatic heterocycles. The lowest BCUT2D eigenvalue weighted by molar-refractivity contribution is 0.318. The fraction of sp³-hybridized carbons (Fsp3) is 0.235. The number of aryl methyl sites for hydroxylation is 1. The van der Waals surface area contributed by atoms with E-state index >= 15 is 0 Å². The Bertz CT molecular complexity index is 655. The molecule has 2 N–H and O–H groups in total. The summed E-state index contributed by atoms with van der Waals surface area (Å²) in [4.78, 5) is 2.42. The first-order valence-electron chi connectivity index (χ1n) is 6.78. The summed E-state index contributed by atoms with van der Waals surface area (Å²) in [5.41, 5.74) is 9.72. The predicted octanol–water partition coefficient (Wildman–Crippen LogP) is 3.40. The molecule has 0 saturated carbocycles. The molecule has 2 rings (SSSR count). The van der Waals surface area contributed by atoms with Crippen molar-refractivity contribution in [2.24, 2.45) is 5.73 Å². The summed E-state index contributed by atoms with van der Waals surface area (Å²) in [6.45, 7) is 3.45. The Hall–Kier alpha value is -1.78. The number of halogens is 1. The van der Waals surface area contributed by atoms with Gasteiger partial charge < -0.3 is 5.73 Å². The summed E-state index contributed by atoms with van der Waals surface area (Å²) in [5, 5.41) is 0. The lowest BCUT2D eigenvalue weighted by Crippen LogP contribution is -2.21. The highest BCUT2D eigenvalue weighted by molar-refractivity contribution is 7.80. The largest absolute Gasteiger partial charge is 0.389 e. The Morgan fingerprint density at radius 1 is 1.19 bits per heavy atom. The molecule has 0 aliphatic carbocycles. The van der Waals surface area contributed by atoms with Gasteiger partial charge in [0.15, 0.2) is 0 Å². The van der Waals surface area contributed by atoms with E-state index in [1.807, 2.05) is 13.1 Å². The highest BCUT2D eigenvalue weighted by atomic mass is 32.1. The third-order valence-electron chi connectivity index (χ3n) is 3.31. The van der Waals surface area contributed by atoms with Crippen LogP contribution in [0, 0.1) is 12.7 Å². The van der Waals surface area contributed by atoms with E-state index in [9.17, 15) is 4.39 Å². The van der Waals surface area contributed by atoms with Crippen molar-refractivity contribution in [2.45, 2.75) is 20.0 Å². The zero-order valence-electron chi connectivity index (χ0n) is 12.3. The summed E-state index contributed by atoms with van der Waals surface area (Å²) in [6.07, 6.45) is 0. The number of hydrogen-bond acceptors (Lipinski definition) is 2. The summed E-state index contributed by atoms with van der Waals surface area (Å²) >= 11 is 5.03. The third-order valence-corrected chi connectivity index (χ3v) is 3.53. The quantitative estimate of drug-likeness (QED) is 0.858. The molecule has 2 aromatic carbocycles. The van der Waals surface area contributed by atoms with Gasteiger partial charge >= 0.3 is 0 Å². The first kappa shape index (κ1) is 15.6. The molecule has 0 saturated heterocycles. The number of nitrogens with two attached hydrogens (primary N) is 1. The van der Waals surface area contributed by atoms with Crippen molar-refractivity contribution in [3.8, 4) is 0 Å². The molecule has 0 fully saturated rings. The van der Waals surface area contributed by atoms with Crippen molar-refractivity contribution < 1.29 is 4.39 Å². The van der Waals surface area contributed by atoms with Gasteiger partial charge in [-0.2, -0.15) is 0 Å². The molecule has 2 aromatic rings. The SMILES string of the molecule is Cc1cccc(CN(C)Cc2cc(F)ccc2C(N)=S)c1. The summed E-state index contributed by atoms with van der Waals surface area (Å²) < 4.78 is 13.4. The lowest BCUT2D eigenvalue weighted by Gasteiger charge is -2.19. The van der Waals surface area contributed by atoms with Crippen LogP contribution in [0.3, 0.4) is 0 Å². The predicted molar refractivity (Wildman–Crippen MR) is 88.6 cm³/mol. The second-order valence-corrected chi connectivity index (χ2v) is 5.77. The number of nitrogens with zero attached hydrogens (tertiary/aromatic N) is 1. The first-order chi connectivity index (χ1) is 9.95. The smallest absolute Gasteiger partial charge is 0.123 e. The van der Waals surface area contributed by atoms with Crippen LogP contribution in [0.5, 0.6) is 0 Å². The van der Waals surface area contributed by atoms with Crippen molar-refractivity contribution in [1.29, 1.82) is 0 Å². The van der Waals surface area contributed by atoms with Crippen LogP contribution in [-0.2, 0) is 13.1 Å². The molecule has 0 unspecified atom stereocenters. The normalized spacial score (nSPS) is 10.9. The van der Waals surface area contributed by atoms with E-state index in [1.165, 1.54) is 23.3 Å². The van der Waals surface area contributed by atoms with Gasteiger partial charge in [0.2, 0.25) is 0 Å². The molecular weight excluding hydrogens is 283 g/mol. The molecule has 21 heavy (non-hydrogen) atoms. The molecule has 0 spiro atoms. The maximum Gasteiger partial charge on any atom is 0.123 e. The van der Waals surface area contributed by atoms with E-state index in [0.717, 1.165) is 17.7 Å². The Morgan fingerprint density at radius 3 is 2.62 bits per heavy atom. The van der Waals surface area contributed by atoms with E-state index in [-0.39, 0.29) is 5.82 Å². The number of benzene rings is 2.